The molecule has 1 unspecified atom stereocenters. The second-order valence-corrected chi connectivity index (χ2v) is 5.41. The summed E-state index contributed by atoms with van der Waals surface area (Å²) in [4.78, 5) is -0.334. The molecule has 1 aromatic heterocycles. The molecule has 0 radical (unpaired) electrons. The van der Waals surface area contributed by atoms with Crippen LogP contribution in [0.25, 0.3) is 0 Å². The van der Waals surface area contributed by atoms with E-state index in [9.17, 15) is 22.0 Å². The molecule has 0 saturated heterocycles. The third kappa shape index (κ3) is 2.49. The lowest BCUT2D eigenvalue weighted by Crippen LogP contribution is -2.45. The molecule has 0 spiro atoms. The molecule has 1 atom stereocenters. The SMILES string of the molecule is NC(c1cc(Br)c(Cl)s1)C(F)(F)C(F)(F)F. The summed E-state index contributed by atoms with van der Waals surface area (Å²) in [6.07, 6.45) is -5.69. The Bertz CT molecular complexity index is 371. The van der Waals surface area contributed by atoms with E-state index in [4.69, 9.17) is 17.3 Å². The Morgan fingerprint density at radius 3 is 2.12 bits per heavy atom. The average Bonchev–Trinajstić information content (AvgIpc) is 2.43. The van der Waals surface area contributed by atoms with E-state index in [1.165, 1.54) is 0 Å². The summed E-state index contributed by atoms with van der Waals surface area (Å²) < 4.78 is 62.0. The lowest BCUT2D eigenvalue weighted by Gasteiger charge is -2.24. The molecule has 0 amide bonds. The highest BCUT2D eigenvalue weighted by Crippen LogP contribution is 2.46. The van der Waals surface area contributed by atoms with Gasteiger partial charge in [-0.15, -0.1) is 11.3 Å². The first-order chi connectivity index (χ1) is 7.07. The Morgan fingerprint density at radius 2 is 1.81 bits per heavy atom. The molecular weight excluding hydrogens is 340 g/mol. The van der Waals surface area contributed by atoms with E-state index in [1.54, 1.807) is 0 Å². The van der Waals surface area contributed by atoms with Crippen LogP contribution in [0.5, 0.6) is 0 Å². The Balaban J connectivity index is 3.07. The largest absolute Gasteiger partial charge is 0.455 e. The molecule has 0 aliphatic carbocycles. The molecule has 16 heavy (non-hydrogen) atoms. The van der Waals surface area contributed by atoms with Crippen molar-refractivity contribution in [1.82, 2.24) is 0 Å². The smallest absolute Gasteiger partial charge is 0.318 e. The van der Waals surface area contributed by atoms with Crippen LogP contribution in [0.1, 0.15) is 10.9 Å². The fraction of sp³-hybridized carbons (Fsp3) is 0.429. The third-order valence-electron chi connectivity index (χ3n) is 1.74. The molecule has 0 aliphatic rings. The van der Waals surface area contributed by atoms with E-state index >= 15 is 0 Å². The highest BCUT2D eigenvalue weighted by Gasteiger charge is 2.62. The Kier molecular flexibility index (Phi) is 3.88. The average molecular weight is 345 g/mol. The van der Waals surface area contributed by atoms with Crippen LogP contribution < -0.4 is 5.73 Å². The number of alkyl halides is 5. The van der Waals surface area contributed by atoms with Gasteiger partial charge in [-0.1, -0.05) is 11.6 Å². The van der Waals surface area contributed by atoms with Crippen molar-refractivity contribution in [1.29, 1.82) is 0 Å². The zero-order chi connectivity index (χ0) is 12.7. The lowest BCUT2D eigenvalue weighted by atomic mass is 10.1. The van der Waals surface area contributed by atoms with Crippen LogP contribution in [0.3, 0.4) is 0 Å². The number of nitrogens with two attached hydrogens (primary N) is 1. The summed E-state index contributed by atoms with van der Waals surface area (Å²) in [7, 11) is 0. The van der Waals surface area contributed by atoms with Crippen LogP contribution in [-0.2, 0) is 0 Å². The van der Waals surface area contributed by atoms with E-state index in [2.05, 4.69) is 15.9 Å². The van der Waals surface area contributed by atoms with Gasteiger partial charge in [0.15, 0.2) is 0 Å². The lowest BCUT2D eigenvalue weighted by molar-refractivity contribution is -0.290. The summed E-state index contributed by atoms with van der Waals surface area (Å²) in [5.74, 6) is -4.99. The highest BCUT2D eigenvalue weighted by atomic mass is 79.9. The maximum atomic E-state index is 12.8. The van der Waals surface area contributed by atoms with Crippen LogP contribution in [-0.4, -0.2) is 12.1 Å². The second kappa shape index (κ2) is 4.40. The first-order valence-corrected chi connectivity index (χ1v) is 5.71. The maximum Gasteiger partial charge on any atom is 0.455 e. The van der Waals surface area contributed by atoms with Gasteiger partial charge in [0.1, 0.15) is 10.4 Å². The molecule has 2 N–H and O–H groups in total. The Labute approximate surface area is 105 Å². The van der Waals surface area contributed by atoms with Crippen LogP contribution in [0.2, 0.25) is 4.34 Å². The minimum Gasteiger partial charge on any atom is -0.318 e. The standard InChI is InChI=1S/C7H4BrClF5NS/c8-2-1-3(16-5(2)9)4(15)6(10,11)7(12,13)14/h1,4H,15H2. The summed E-state index contributed by atoms with van der Waals surface area (Å²) >= 11 is 9.01. The minimum atomic E-state index is -5.69. The predicted octanol–water partition coefficient (Wildman–Crippen LogP) is 4.36. The van der Waals surface area contributed by atoms with Gasteiger partial charge in [-0.2, -0.15) is 22.0 Å². The molecule has 0 aliphatic heterocycles. The number of hydrogen-bond acceptors (Lipinski definition) is 2. The maximum absolute atomic E-state index is 12.8. The first kappa shape index (κ1) is 14.1. The van der Waals surface area contributed by atoms with E-state index in [0.29, 0.717) is 11.3 Å². The van der Waals surface area contributed by atoms with Crippen LogP contribution in [0.15, 0.2) is 10.5 Å². The number of halogens is 7. The van der Waals surface area contributed by atoms with Crippen molar-refractivity contribution in [2.24, 2.45) is 5.73 Å². The van der Waals surface area contributed by atoms with Gasteiger partial charge < -0.3 is 5.73 Å². The zero-order valence-corrected chi connectivity index (χ0v) is 10.4. The molecule has 92 valence electrons. The van der Waals surface area contributed by atoms with Gasteiger partial charge in [0.2, 0.25) is 0 Å². The number of thiophene rings is 1. The van der Waals surface area contributed by atoms with Gasteiger partial charge in [-0.25, -0.2) is 0 Å². The van der Waals surface area contributed by atoms with Crippen molar-refractivity contribution in [2.45, 2.75) is 18.1 Å². The monoisotopic (exact) mass is 343 g/mol. The quantitative estimate of drug-likeness (QED) is 0.793. The van der Waals surface area contributed by atoms with Crippen molar-refractivity contribution in [3.8, 4) is 0 Å². The normalized spacial score (nSPS) is 15.2. The van der Waals surface area contributed by atoms with Crippen molar-refractivity contribution >= 4 is 38.9 Å². The Morgan fingerprint density at radius 1 is 1.31 bits per heavy atom. The topological polar surface area (TPSA) is 26.0 Å². The summed E-state index contributed by atoms with van der Waals surface area (Å²) in [5, 5.41) is 0. The molecule has 9 heteroatoms. The zero-order valence-electron chi connectivity index (χ0n) is 7.29. The Hall–Kier alpha value is 0.0800. The predicted molar refractivity (Wildman–Crippen MR) is 55.0 cm³/mol. The van der Waals surface area contributed by atoms with E-state index in [1.807, 2.05) is 0 Å². The van der Waals surface area contributed by atoms with E-state index in [0.717, 1.165) is 6.07 Å². The van der Waals surface area contributed by atoms with Gasteiger partial charge in [-0.05, 0) is 22.0 Å². The third-order valence-corrected chi connectivity index (χ3v) is 4.30. The van der Waals surface area contributed by atoms with Crippen molar-refractivity contribution < 1.29 is 22.0 Å². The van der Waals surface area contributed by atoms with Gasteiger partial charge in [-0.3, -0.25) is 0 Å². The van der Waals surface area contributed by atoms with Gasteiger partial charge >= 0.3 is 12.1 Å². The molecule has 0 bridgehead atoms. The summed E-state index contributed by atoms with van der Waals surface area (Å²) in [6, 6.07) is -1.40. The molecule has 1 nitrogen and oxygen atoms in total. The van der Waals surface area contributed by atoms with Crippen LogP contribution in [0, 0.1) is 0 Å². The number of hydrogen-bond donors (Lipinski definition) is 1. The van der Waals surface area contributed by atoms with Gasteiger partial charge in [0, 0.05) is 9.35 Å². The molecule has 0 saturated carbocycles. The first-order valence-electron chi connectivity index (χ1n) is 3.72. The minimum absolute atomic E-state index is 0.0726. The summed E-state index contributed by atoms with van der Waals surface area (Å²) in [6.45, 7) is 0. The van der Waals surface area contributed by atoms with E-state index < -0.39 is 18.1 Å². The molecule has 0 aromatic carbocycles. The van der Waals surface area contributed by atoms with Gasteiger partial charge in [0.05, 0.1) is 0 Å². The number of rotatable bonds is 2. The molecular formula is C7H4BrClF5NS. The fourth-order valence-electron chi connectivity index (χ4n) is 0.872. The van der Waals surface area contributed by atoms with Crippen molar-refractivity contribution in [3.63, 3.8) is 0 Å². The molecule has 0 fully saturated rings. The fourth-order valence-corrected chi connectivity index (χ4v) is 2.65. The van der Waals surface area contributed by atoms with Crippen molar-refractivity contribution in [2.75, 3.05) is 0 Å². The van der Waals surface area contributed by atoms with Crippen LogP contribution in [0.4, 0.5) is 22.0 Å². The molecule has 1 heterocycles. The second-order valence-electron chi connectivity index (χ2n) is 2.87. The molecule has 1 rings (SSSR count). The highest BCUT2D eigenvalue weighted by molar-refractivity contribution is 9.10. The van der Waals surface area contributed by atoms with Crippen LogP contribution >= 0.6 is 38.9 Å². The van der Waals surface area contributed by atoms with Crippen molar-refractivity contribution in [3.05, 3.63) is 19.8 Å². The summed E-state index contributed by atoms with van der Waals surface area (Å²) in [5.41, 5.74) is 4.90. The van der Waals surface area contributed by atoms with E-state index in [-0.39, 0.29) is 13.7 Å². The molecule has 1 aromatic rings. The van der Waals surface area contributed by atoms with Gasteiger partial charge in [0.25, 0.3) is 0 Å².